The van der Waals surface area contributed by atoms with Crippen molar-refractivity contribution in [3.8, 4) is 0 Å². The van der Waals surface area contributed by atoms with Crippen LogP contribution in [0.5, 0.6) is 0 Å². The molecule has 8 nitrogen and oxygen atoms in total. The molecule has 1 aromatic rings. The molecule has 4 N–H and O–H groups in total. The van der Waals surface area contributed by atoms with E-state index in [1.165, 1.54) is 44.9 Å². The van der Waals surface area contributed by atoms with Crippen LogP contribution in [0.15, 0.2) is 18.2 Å². The second-order valence-corrected chi connectivity index (χ2v) is 8.96. The number of nitrogens with one attached hydrogen (secondary N) is 2. The highest BCUT2D eigenvalue weighted by Gasteiger charge is 2.44. The van der Waals surface area contributed by atoms with Gasteiger partial charge in [-0.15, -0.1) is 12.4 Å². The van der Waals surface area contributed by atoms with Crippen molar-refractivity contribution in [1.29, 1.82) is 0 Å². The topological polar surface area (TPSA) is 122 Å². The molecule has 2 heterocycles. The summed E-state index contributed by atoms with van der Waals surface area (Å²) in [5, 5.41) is 5.54. The first-order chi connectivity index (χ1) is 16.0. The van der Waals surface area contributed by atoms with Gasteiger partial charge in [-0.05, 0) is 44.0 Å². The molecule has 4 amide bonds. The van der Waals surface area contributed by atoms with E-state index >= 15 is 0 Å². The molecule has 0 aliphatic carbocycles. The Bertz CT molecular complexity index is 876. The van der Waals surface area contributed by atoms with Crippen molar-refractivity contribution in [3.05, 3.63) is 29.3 Å². The Hall–Kier alpha value is -2.45. The lowest BCUT2D eigenvalue weighted by molar-refractivity contribution is -0.136. The van der Waals surface area contributed by atoms with Crippen LogP contribution in [-0.2, 0) is 9.59 Å². The molecular formula is C25H37ClN4O4. The first-order valence-electron chi connectivity index (χ1n) is 12.3. The van der Waals surface area contributed by atoms with Crippen LogP contribution in [-0.4, -0.2) is 47.7 Å². The Morgan fingerprint density at radius 2 is 1.44 bits per heavy atom. The summed E-state index contributed by atoms with van der Waals surface area (Å²) in [5.41, 5.74) is 6.91. The fraction of sp³-hybridized carbons (Fsp3) is 0.600. The minimum Gasteiger partial charge on any atom is -0.385 e. The fourth-order valence-corrected chi connectivity index (χ4v) is 4.50. The monoisotopic (exact) mass is 492 g/mol. The van der Waals surface area contributed by atoms with Crippen molar-refractivity contribution in [2.24, 2.45) is 5.73 Å². The number of nitrogens with two attached hydrogens (primary N) is 1. The molecule has 0 aromatic heterocycles. The van der Waals surface area contributed by atoms with E-state index in [-0.39, 0.29) is 31.2 Å². The molecule has 2 aliphatic heterocycles. The van der Waals surface area contributed by atoms with Crippen LogP contribution in [0.25, 0.3) is 0 Å². The summed E-state index contributed by atoms with van der Waals surface area (Å²) in [6.07, 6.45) is 12.6. The summed E-state index contributed by atoms with van der Waals surface area (Å²) >= 11 is 0. The number of hydrogen-bond acceptors (Lipinski definition) is 6. The SMILES string of the molecule is Cl.NCCCCCCCCCCCCNc1ccc2c(c1)C(=O)N(C1CCC(=O)NC1=O)C2=O. The van der Waals surface area contributed by atoms with Crippen molar-refractivity contribution < 1.29 is 19.2 Å². The van der Waals surface area contributed by atoms with E-state index in [0.717, 1.165) is 42.9 Å². The molecule has 188 valence electrons. The molecule has 1 atom stereocenters. The fourth-order valence-electron chi connectivity index (χ4n) is 4.50. The van der Waals surface area contributed by atoms with E-state index in [0.29, 0.717) is 11.1 Å². The van der Waals surface area contributed by atoms with Gasteiger partial charge in [0, 0.05) is 18.7 Å². The molecule has 1 unspecified atom stereocenters. The van der Waals surface area contributed by atoms with Gasteiger partial charge < -0.3 is 11.1 Å². The zero-order chi connectivity index (χ0) is 23.6. The lowest BCUT2D eigenvalue weighted by atomic mass is 10.0. The van der Waals surface area contributed by atoms with E-state index in [2.05, 4.69) is 10.6 Å². The summed E-state index contributed by atoms with van der Waals surface area (Å²) < 4.78 is 0. The van der Waals surface area contributed by atoms with Crippen LogP contribution in [0, 0.1) is 0 Å². The standard InChI is InChI=1S/C25H36N4O4.ClH/c26-15-9-7-5-3-1-2-4-6-8-10-16-27-18-11-12-19-20(17-18)25(33)29(24(19)32)21-13-14-22(30)28-23(21)31;/h11-12,17,21,27H,1-10,13-16,26H2,(H,28,30,31);1H. The molecule has 0 spiro atoms. The smallest absolute Gasteiger partial charge is 0.262 e. The number of amides is 4. The van der Waals surface area contributed by atoms with Gasteiger partial charge in [0.1, 0.15) is 6.04 Å². The highest BCUT2D eigenvalue weighted by atomic mass is 35.5. The maximum absolute atomic E-state index is 12.9. The third-order valence-electron chi connectivity index (χ3n) is 6.40. The van der Waals surface area contributed by atoms with Gasteiger partial charge in [-0.2, -0.15) is 0 Å². The number of piperidine rings is 1. The summed E-state index contributed by atoms with van der Waals surface area (Å²) in [4.78, 5) is 50.1. The quantitative estimate of drug-likeness (QED) is 0.268. The molecule has 0 bridgehead atoms. The molecule has 0 radical (unpaired) electrons. The zero-order valence-electron chi connectivity index (χ0n) is 19.8. The predicted molar refractivity (Wildman–Crippen MR) is 134 cm³/mol. The number of carbonyl (C=O) groups is 4. The maximum atomic E-state index is 12.9. The Morgan fingerprint density at radius 1 is 0.853 bits per heavy atom. The number of benzene rings is 1. The van der Waals surface area contributed by atoms with Crippen molar-refractivity contribution in [1.82, 2.24) is 10.2 Å². The van der Waals surface area contributed by atoms with E-state index in [9.17, 15) is 19.2 Å². The zero-order valence-corrected chi connectivity index (χ0v) is 20.6. The van der Waals surface area contributed by atoms with Crippen LogP contribution in [0.1, 0.15) is 97.8 Å². The van der Waals surface area contributed by atoms with Gasteiger partial charge in [0.15, 0.2) is 0 Å². The van der Waals surface area contributed by atoms with Crippen molar-refractivity contribution in [2.45, 2.75) is 83.1 Å². The van der Waals surface area contributed by atoms with Crippen LogP contribution in [0.4, 0.5) is 5.69 Å². The number of halogens is 1. The molecule has 9 heteroatoms. The normalized spacial score (nSPS) is 17.4. The number of nitrogens with zero attached hydrogens (tertiary/aromatic N) is 1. The number of carbonyl (C=O) groups excluding carboxylic acids is 4. The molecule has 1 aromatic carbocycles. The molecular weight excluding hydrogens is 456 g/mol. The number of rotatable bonds is 14. The number of fused-ring (bicyclic) bond motifs is 1. The summed E-state index contributed by atoms with van der Waals surface area (Å²) in [7, 11) is 0. The molecule has 3 rings (SSSR count). The first kappa shape index (κ1) is 27.8. The third kappa shape index (κ3) is 7.27. The second kappa shape index (κ2) is 14.1. The number of hydrogen-bond donors (Lipinski definition) is 3. The van der Waals surface area contributed by atoms with Gasteiger partial charge in [-0.1, -0.05) is 51.4 Å². The Labute approximate surface area is 207 Å². The lowest BCUT2D eigenvalue weighted by Gasteiger charge is -2.27. The summed E-state index contributed by atoms with van der Waals surface area (Å²) in [5.74, 6) is -1.92. The van der Waals surface area contributed by atoms with Crippen molar-refractivity contribution >= 4 is 41.7 Å². The van der Waals surface area contributed by atoms with Gasteiger partial charge in [0.2, 0.25) is 11.8 Å². The summed E-state index contributed by atoms with van der Waals surface area (Å²) in [6, 6.07) is 4.18. The Balaban J connectivity index is 0.00000408. The lowest BCUT2D eigenvalue weighted by Crippen LogP contribution is -2.54. The minimum atomic E-state index is -0.933. The van der Waals surface area contributed by atoms with Gasteiger partial charge >= 0.3 is 0 Å². The van der Waals surface area contributed by atoms with Crippen LogP contribution < -0.4 is 16.4 Å². The van der Waals surface area contributed by atoms with Crippen LogP contribution >= 0.6 is 12.4 Å². The first-order valence-corrected chi connectivity index (χ1v) is 12.3. The second-order valence-electron chi connectivity index (χ2n) is 8.96. The summed E-state index contributed by atoms with van der Waals surface area (Å²) in [6.45, 7) is 1.60. The highest BCUT2D eigenvalue weighted by molar-refractivity contribution is 6.23. The maximum Gasteiger partial charge on any atom is 0.262 e. The highest BCUT2D eigenvalue weighted by Crippen LogP contribution is 2.29. The molecule has 2 aliphatic rings. The largest absolute Gasteiger partial charge is 0.385 e. The number of unbranched alkanes of at least 4 members (excludes halogenated alkanes) is 9. The Morgan fingerprint density at radius 3 is 2.06 bits per heavy atom. The van der Waals surface area contributed by atoms with E-state index in [1.807, 2.05) is 0 Å². The average molecular weight is 493 g/mol. The minimum absolute atomic E-state index is 0. The van der Waals surface area contributed by atoms with E-state index in [4.69, 9.17) is 5.73 Å². The Kier molecular flexibility index (Phi) is 11.5. The molecule has 34 heavy (non-hydrogen) atoms. The van der Waals surface area contributed by atoms with Gasteiger partial charge in [0.05, 0.1) is 11.1 Å². The van der Waals surface area contributed by atoms with E-state index in [1.54, 1.807) is 18.2 Å². The van der Waals surface area contributed by atoms with Crippen molar-refractivity contribution in [3.63, 3.8) is 0 Å². The number of anilines is 1. The molecule has 1 saturated heterocycles. The molecule has 0 saturated carbocycles. The average Bonchev–Trinajstić information content (AvgIpc) is 3.04. The van der Waals surface area contributed by atoms with Gasteiger partial charge in [-0.25, -0.2) is 0 Å². The third-order valence-corrected chi connectivity index (χ3v) is 6.40. The molecule has 1 fully saturated rings. The van der Waals surface area contributed by atoms with Crippen LogP contribution in [0.2, 0.25) is 0 Å². The van der Waals surface area contributed by atoms with E-state index < -0.39 is 23.8 Å². The van der Waals surface area contributed by atoms with Gasteiger partial charge in [0.25, 0.3) is 11.8 Å². The van der Waals surface area contributed by atoms with Crippen molar-refractivity contribution in [2.75, 3.05) is 18.4 Å². The predicted octanol–water partition coefficient (Wildman–Crippen LogP) is 3.78. The van der Waals surface area contributed by atoms with Crippen LogP contribution in [0.3, 0.4) is 0 Å². The number of imide groups is 2. The van der Waals surface area contributed by atoms with Gasteiger partial charge in [-0.3, -0.25) is 29.4 Å².